The maximum atomic E-state index is 11.7. The van der Waals surface area contributed by atoms with E-state index in [0.29, 0.717) is 5.78 Å². The summed E-state index contributed by atoms with van der Waals surface area (Å²) in [6, 6.07) is 0. The molecule has 0 bridgehead atoms. The van der Waals surface area contributed by atoms with E-state index < -0.39 is 0 Å². The second kappa shape index (κ2) is 7.83. The summed E-state index contributed by atoms with van der Waals surface area (Å²) in [5.41, 5.74) is 0. The van der Waals surface area contributed by atoms with Gasteiger partial charge < -0.3 is 5.32 Å². The summed E-state index contributed by atoms with van der Waals surface area (Å²) in [5, 5.41) is 3.36. The molecular formula is C14H27NO. The summed E-state index contributed by atoms with van der Waals surface area (Å²) in [4.78, 5) is 11.7. The molecule has 0 atom stereocenters. The number of nitrogens with one attached hydrogen (secondary N) is 1. The van der Waals surface area contributed by atoms with Gasteiger partial charge in [-0.15, -0.1) is 0 Å². The van der Waals surface area contributed by atoms with E-state index in [2.05, 4.69) is 19.2 Å². The van der Waals surface area contributed by atoms with Gasteiger partial charge in [-0.1, -0.05) is 20.3 Å². The normalized spacial score (nSPS) is 17.9. The molecule has 0 radical (unpaired) electrons. The Morgan fingerprint density at radius 3 is 2.56 bits per heavy atom. The molecule has 2 nitrogen and oxygen atoms in total. The molecule has 94 valence electrons. The first-order valence-corrected chi connectivity index (χ1v) is 6.91. The molecule has 2 heteroatoms. The van der Waals surface area contributed by atoms with Crippen LogP contribution in [0.3, 0.4) is 0 Å². The summed E-state index contributed by atoms with van der Waals surface area (Å²) in [6.07, 6.45) is 7.56. The fourth-order valence-corrected chi connectivity index (χ4v) is 2.37. The summed E-state index contributed by atoms with van der Waals surface area (Å²) in [6.45, 7) is 6.73. The highest BCUT2D eigenvalue weighted by atomic mass is 16.1. The van der Waals surface area contributed by atoms with E-state index in [1.54, 1.807) is 0 Å². The monoisotopic (exact) mass is 225 g/mol. The molecule has 16 heavy (non-hydrogen) atoms. The van der Waals surface area contributed by atoms with Crippen LogP contribution in [0.2, 0.25) is 0 Å². The standard InChI is InChI=1S/C14H27NO/c1-12(2)4-3-5-14(16)7-6-13-8-10-15-11-9-13/h12-13,15H,3-11H2,1-2H3. The van der Waals surface area contributed by atoms with Crippen molar-refractivity contribution in [3.8, 4) is 0 Å². The predicted molar refractivity (Wildman–Crippen MR) is 68.5 cm³/mol. The van der Waals surface area contributed by atoms with Gasteiger partial charge in [0.1, 0.15) is 5.78 Å². The predicted octanol–water partition coefficient (Wildman–Crippen LogP) is 3.16. The first-order valence-electron chi connectivity index (χ1n) is 6.91. The Kier molecular flexibility index (Phi) is 6.70. The molecule has 0 aromatic carbocycles. The summed E-state index contributed by atoms with van der Waals surface area (Å²) < 4.78 is 0. The lowest BCUT2D eigenvalue weighted by atomic mass is 9.91. The van der Waals surface area contributed by atoms with Gasteiger partial charge in [-0.05, 0) is 50.6 Å². The van der Waals surface area contributed by atoms with Crippen LogP contribution in [-0.2, 0) is 4.79 Å². The van der Waals surface area contributed by atoms with Crippen molar-refractivity contribution in [1.82, 2.24) is 5.32 Å². The van der Waals surface area contributed by atoms with Gasteiger partial charge in [-0.2, -0.15) is 0 Å². The molecule has 1 aliphatic rings. The van der Waals surface area contributed by atoms with Gasteiger partial charge in [0.2, 0.25) is 0 Å². The average Bonchev–Trinajstić information content (AvgIpc) is 2.27. The van der Waals surface area contributed by atoms with Crippen LogP contribution in [0.1, 0.15) is 58.8 Å². The lowest BCUT2D eigenvalue weighted by Gasteiger charge is -2.22. The second-order valence-electron chi connectivity index (χ2n) is 5.56. The van der Waals surface area contributed by atoms with Gasteiger partial charge >= 0.3 is 0 Å². The molecule has 0 saturated carbocycles. The number of Topliss-reactive ketones (excluding diaryl/α,β-unsaturated/α-hetero) is 1. The summed E-state index contributed by atoms with van der Waals surface area (Å²) >= 11 is 0. The van der Waals surface area contributed by atoms with Crippen molar-refractivity contribution in [3.63, 3.8) is 0 Å². The van der Waals surface area contributed by atoms with Gasteiger partial charge in [0.15, 0.2) is 0 Å². The minimum absolute atomic E-state index is 0.485. The van der Waals surface area contributed by atoms with Gasteiger partial charge in [0.05, 0.1) is 0 Å². The minimum atomic E-state index is 0.485. The molecule has 1 fully saturated rings. The lowest BCUT2D eigenvalue weighted by Crippen LogP contribution is -2.27. The third kappa shape index (κ3) is 6.26. The molecule has 1 rings (SSSR count). The lowest BCUT2D eigenvalue weighted by molar-refractivity contribution is -0.119. The molecule has 0 unspecified atom stereocenters. The Morgan fingerprint density at radius 1 is 1.25 bits per heavy atom. The Morgan fingerprint density at radius 2 is 1.94 bits per heavy atom. The molecular weight excluding hydrogens is 198 g/mol. The van der Waals surface area contributed by atoms with E-state index in [4.69, 9.17) is 0 Å². The SMILES string of the molecule is CC(C)CCCC(=O)CCC1CCNCC1. The molecule has 0 aromatic heterocycles. The van der Waals surface area contributed by atoms with E-state index >= 15 is 0 Å². The number of hydrogen-bond acceptors (Lipinski definition) is 2. The Hall–Kier alpha value is -0.370. The van der Waals surface area contributed by atoms with E-state index in [9.17, 15) is 4.79 Å². The maximum Gasteiger partial charge on any atom is 0.132 e. The van der Waals surface area contributed by atoms with Crippen molar-refractivity contribution < 1.29 is 4.79 Å². The van der Waals surface area contributed by atoms with Crippen molar-refractivity contribution in [2.45, 2.75) is 58.8 Å². The van der Waals surface area contributed by atoms with Gasteiger partial charge in [-0.3, -0.25) is 4.79 Å². The fraction of sp³-hybridized carbons (Fsp3) is 0.929. The third-order valence-electron chi connectivity index (χ3n) is 3.53. The van der Waals surface area contributed by atoms with Crippen LogP contribution in [0.4, 0.5) is 0 Å². The Balaban J connectivity index is 2.00. The second-order valence-corrected chi connectivity index (χ2v) is 5.56. The molecule has 0 spiro atoms. The van der Waals surface area contributed by atoms with Crippen LogP contribution in [0.5, 0.6) is 0 Å². The van der Waals surface area contributed by atoms with Crippen LogP contribution < -0.4 is 5.32 Å². The number of rotatable bonds is 7. The quantitative estimate of drug-likeness (QED) is 0.721. The van der Waals surface area contributed by atoms with Gasteiger partial charge in [-0.25, -0.2) is 0 Å². The number of piperidine rings is 1. The highest BCUT2D eigenvalue weighted by molar-refractivity contribution is 5.78. The van der Waals surface area contributed by atoms with E-state index in [1.165, 1.54) is 19.3 Å². The maximum absolute atomic E-state index is 11.7. The minimum Gasteiger partial charge on any atom is -0.317 e. The van der Waals surface area contributed by atoms with Gasteiger partial charge in [0.25, 0.3) is 0 Å². The number of carbonyl (C=O) groups excluding carboxylic acids is 1. The van der Waals surface area contributed by atoms with Crippen LogP contribution >= 0.6 is 0 Å². The Labute approximate surface area is 100 Å². The van der Waals surface area contributed by atoms with Crippen LogP contribution in [0.15, 0.2) is 0 Å². The number of carbonyl (C=O) groups is 1. The zero-order chi connectivity index (χ0) is 11.8. The molecule has 0 aromatic rings. The molecule has 1 N–H and O–H groups in total. The van der Waals surface area contributed by atoms with Gasteiger partial charge in [0, 0.05) is 12.8 Å². The van der Waals surface area contributed by atoms with Crippen molar-refractivity contribution >= 4 is 5.78 Å². The smallest absolute Gasteiger partial charge is 0.132 e. The zero-order valence-electron chi connectivity index (χ0n) is 10.9. The average molecular weight is 225 g/mol. The zero-order valence-corrected chi connectivity index (χ0v) is 10.9. The Bertz CT molecular complexity index is 195. The van der Waals surface area contributed by atoms with Crippen LogP contribution in [0, 0.1) is 11.8 Å². The first-order chi connectivity index (χ1) is 7.68. The number of ketones is 1. The first kappa shape index (κ1) is 13.7. The molecule has 1 saturated heterocycles. The van der Waals surface area contributed by atoms with Crippen molar-refractivity contribution in [3.05, 3.63) is 0 Å². The van der Waals surface area contributed by atoms with Crippen molar-refractivity contribution in [1.29, 1.82) is 0 Å². The van der Waals surface area contributed by atoms with Crippen LogP contribution in [-0.4, -0.2) is 18.9 Å². The van der Waals surface area contributed by atoms with E-state index in [-0.39, 0.29) is 0 Å². The highest BCUT2D eigenvalue weighted by Gasteiger charge is 2.14. The van der Waals surface area contributed by atoms with E-state index in [0.717, 1.165) is 50.6 Å². The van der Waals surface area contributed by atoms with E-state index in [1.807, 2.05) is 0 Å². The molecule has 0 aliphatic carbocycles. The summed E-state index contributed by atoms with van der Waals surface area (Å²) in [5.74, 6) is 2.02. The highest BCUT2D eigenvalue weighted by Crippen LogP contribution is 2.18. The fourth-order valence-electron chi connectivity index (χ4n) is 2.37. The largest absolute Gasteiger partial charge is 0.317 e. The van der Waals surface area contributed by atoms with Crippen molar-refractivity contribution in [2.75, 3.05) is 13.1 Å². The number of hydrogen-bond donors (Lipinski definition) is 1. The van der Waals surface area contributed by atoms with Crippen LogP contribution in [0.25, 0.3) is 0 Å². The van der Waals surface area contributed by atoms with Crippen molar-refractivity contribution in [2.24, 2.45) is 11.8 Å². The molecule has 1 aliphatic heterocycles. The summed E-state index contributed by atoms with van der Waals surface area (Å²) in [7, 11) is 0. The molecule has 1 heterocycles. The topological polar surface area (TPSA) is 29.1 Å². The molecule has 0 amide bonds. The third-order valence-corrected chi connectivity index (χ3v) is 3.53.